The Hall–Kier alpha value is -0.610. The molecule has 1 aromatic rings. The molecule has 100 valence electrons. The minimum Gasteiger partial charge on any atom is -0.358 e. The van der Waals surface area contributed by atoms with Crippen molar-refractivity contribution in [2.45, 2.75) is 31.7 Å². The Labute approximate surface area is 118 Å². The van der Waals surface area contributed by atoms with E-state index >= 15 is 0 Å². The third-order valence-electron chi connectivity index (χ3n) is 4.14. The van der Waals surface area contributed by atoms with Crippen LogP contribution in [0.5, 0.6) is 0 Å². The van der Waals surface area contributed by atoms with Gasteiger partial charge in [0.2, 0.25) is 0 Å². The van der Waals surface area contributed by atoms with Gasteiger partial charge in [0.1, 0.15) is 5.82 Å². The summed E-state index contributed by atoms with van der Waals surface area (Å²) in [6.45, 7) is 3.17. The summed E-state index contributed by atoms with van der Waals surface area (Å²) >= 11 is 3.47. The second-order valence-electron chi connectivity index (χ2n) is 5.62. The van der Waals surface area contributed by atoms with Crippen molar-refractivity contribution < 1.29 is 0 Å². The van der Waals surface area contributed by atoms with Crippen LogP contribution in [0.3, 0.4) is 0 Å². The molecular formula is C14H22BrN3. The topological polar surface area (TPSA) is 19.4 Å². The second-order valence-corrected chi connectivity index (χ2v) is 6.54. The molecule has 2 rings (SSSR count). The standard InChI is InChI=1S/C14H22BrN3/c1-11-8-12(15)9-16-13(11)18(4)10-14(17(2)3)6-5-7-14/h8-9H,5-7,10H2,1-4H3. The quantitative estimate of drug-likeness (QED) is 0.852. The molecule has 0 amide bonds. The maximum Gasteiger partial charge on any atom is 0.131 e. The third-order valence-corrected chi connectivity index (χ3v) is 4.58. The highest BCUT2D eigenvalue weighted by Gasteiger charge is 2.40. The van der Waals surface area contributed by atoms with Crippen LogP contribution >= 0.6 is 15.9 Å². The molecule has 0 aromatic carbocycles. The van der Waals surface area contributed by atoms with Crippen molar-refractivity contribution in [3.63, 3.8) is 0 Å². The van der Waals surface area contributed by atoms with Gasteiger partial charge in [-0.1, -0.05) is 0 Å². The first-order valence-corrected chi connectivity index (χ1v) is 7.25. The molecule has 18 heavy (non-hydrogen) atoms. The summed E-state index contributed by atoms with van der Waals surface area (Å²) in [5.41, 5.74) is 1.57. The maximum atomic E-state index is 4.54. The van der Waals surface area contributed by atoms with Gasteiger partial charge in [0, 0.05) is 29.8 Å². The first-order valence-electron chi connectivity index (χ1n) is 6.45. The Morgan fingerprint density at radius 1 is 1.33 bits per heavy atom. The van der Waals surface area contributed by atoms with Gasteiger partial charge in [-0.15, -0.1) is 0 Å². The van der Waals surface area contributed by atoms with Crippen LogP contribution in [-0.2, 0) is 0 Å². The summed E-state index contributed by atoms with van der Waals surface area (Å²) in [6.07, 6.45) is 5.81. The van der Waals surface area contributed by atoms with Gasteiger partial charge in [0.25, 0.3) is 0 Å². The highest BCUT2D eigenvalue weighted by atomic mass is 79.9. The number of nitrogens with zero attached hydrogens (tertiary/aromatic N) is 3. The van der Waals surface area contributed by atoms with Crippen LogP contribution in [0.2, 0.25) is 0 Å². The molecule has 3 nitrogen and oxygen atoms in total. The van der Waals surface area contributed by atoms with Crippen LogP contribution in [-0.4, -0.2) is 43.1 Å². The Balaban J connectivity index is 2.14. The molecule has 0 spiro atoms. The summed E-state index contributed by atoms with van der Waals surface area (Å²) < 4.78 is 1.04. The average molecular weight is 312 g/mol. The van der Waals surface area contributed by atoms with Crippen molar-refractivity contribution in [2.75, 3.05) is 32.6 Å². The molecule has 1 aliphatic carbocycles. The fourth-order valence-electron chi connectivity index (χ4n) is 2.78. The molecule has 0 saturated heterocycles. The molecule has 1 heterocycles. The molecule has 0 radical (unpaired) electrons. The molecule has 1 fully saturated rings. The lowest BCUT2D eigenvalue weighted by molar-refractivity contribution is 0.0681. The van der Waals surface area contributed by atoms with Gasteiger partial charge in [-0.2, -0.15) is 0 Å². The molecule has 0 N–H and O–H groups in total. The Morgan fingerprint density at radius 3 is 2.44 bits per heavy atom. The number of hydrogen-bond acceptors (Lipinski definition) is 3. The number of anilines is 1. The van der Waals surface area contributed by atoms with Crippen molar-refractivity contribution in [3.05, 3.63) is 22.3 Å². The number of likely N-dealkylation sites (N-methyl/N-ethyl adjacent to an activating group) is 2. The second kappa shape index (κ2) is 5.17. The number of halogens is 1. The van der Waals surface area contributed by atoms with E-state index in [0.29, 0.717) is 5.54 Å². The molecule has 1 saturated carbocycles. The molecule has 0 aliphatic heterocycles. The van der Waals surface area contributed by atoms with Gasteiger partial charge in [-0.05, 0) is 67.8 Å². The number of aryl methyl sites for hydroxylation is 1. The van der Waals surface area contributed by atoms with Gasteiger partial charge >= 0.3 is 0 Å². The van der Waals surface area contributed by atoms with E-state index in [4.69, 9.17) is 0 Å². The molecule has 4 heteroatoms. The summed E-state index contributed by atoms with van der Waals surface area (Å²) in [6, 6.07) is 2.13. The van der Waals surface area contributed by atoms with E-state index in [-0.39, 0.29) is 0 Å². The van der Waals surface area contributed by atoms with Crippen molar-refractivity contribution in [1.82, 2.24) is 9.88 Å². The van der Waals surface area contributed by atoms with Crippen LogP contribution in [0.15, 0.2) is 16.7 Å². The highest BCUT2D eigenvalue weighted by Crippen LogP contribution is 2.37. The number of hydrogen-bond donors (Lipinski definition) is 0. The largest absolute Gasteiger partial charge is 0.358 e. The SMILES string of the molecule is Cc1cc(Br)cnc1N(C)CC1(N(C)C)CCC1. The van der Waals surface area contributed by atoms with E-state index in [1.54, 1.807) is 0 Å². The van der Waals surface area contributed by atoms with E-state index < -0.39 is 0 Å². The van der Waals surface area contributed by atoms with Gasteiger partial charge < -0.3 is 9.80 Å². The molecular weight excluding hydrogens is 290 g/mol. The minimum atomic E-state index is 0.343. The van der Waals surface area contributed by atoms with Crippen LogP contribution in [0.4, 0.5) is 5.82 Å². The fourth-order valence-corrected chi connectivity index (χ4v) is 3.23. The van der Waals surface area contributed by atoms with Gasteiger partial charge in [0.05, 0.1) is 0 Å². The molecule has 1 aromatic heterocycles. The maximum absolute atomic E-state index is 4.54. The molecule has 1 aliphatic rings. The van der Waals surface area contributed by atoms with E-state index in [0.717, 1.165) is 16.8 Å². The smallest absolute Gasteiger partial charge is 0.131 e. The zero-order valence-electron chi connectivity index (χ0n) is 11.7. The number of rotatable bonds is 4. The lowest BCUT2D eigenvalue weighted by Gasteiger charge is -2.49. The first-order chi connectivity index (χ1) is 8.44. The lowest BCUT2D eigenvalue weighted by Crippen LogP contribution is -2.57. The van der Waals surface area contributed by atoms with Crippen molar-refractivity contribution in [1.29, 1.82) is 0 Å². The van der Waals surface area contributed by atoms with Crippen LogP contribution in [0.25, 0.3) is 0 Å². The van der Waals surface area contributed by atoms with Crippen LogP contribution in [0.1, 0.15) is 24.8 Å². The molecule has 0 bridgehead atoms. The summed E-state index contributed by atoms with van der Waals surface area (Å²) in [5.74, 6) is 1.09. The summed E-state index contributed by atoms with van der Waals surface area (Å²) in [5, 5.41) is 0. The van der Waals surface area contributed by atoms with Crippen molar-refractivity contribution in [2.24, 2.45) is 0 Å². The van der Waals surface area contributed by atoms with Gasteiger partial charge in [-0.25, -0.2) is 4.98 Å². The zero-order chi connectivity index (χ0) is 13.3. The van der Waals surface area contributed by atoms with Crippen LogP contribution < -0.4 is 4.90 Å². The summed E-state index contributed by atoms with van der Waals surface area (Å²) in [7, 11) is 6.52. The van der Waals surface area contributed by atoms with Gasteiger partial charge in [0.15, 0.2) is 0 Å². The Kier molecular flexibility index (Phi) is 3.97. The van der Waals surface area contributed by atoms with E-state index in [9.17, 15) is 0 Å². The predicted octanol–water partition coefficient (Wildman–Crippen LogP) is 3.07. The van der Waals surface area contributed by atoms with E-state index in [1.807, 2.05) is 6.20 Å². The highest BCUT2D eigenvalue weighted by molar-refractivity contribution is 9.10. The van der Waals surface area contributed by atoms with E-state index in [2.05, 4.69) is 64.8 Å². The lowest BCUT2D eigenvalue weighted by atomic mass is 9.75. The molecule has 0 atom stereocenters. The minimum absolute atomic E-state index is 0.343. The zero-order valence-corrected chi connectivity index (χ0v) is 13.3. The normalized spacial score (nSPS) is 17.7. The predicted molar refractivity (Wildman–Crippen MR) is 80.2 cm³/mol. The van der Waals surface area contributed by atoms with Crippen molar-refractivity contribution >= 4 is 21.7 Å². The average Bonchev–Trinajstić information content (AvgIpc) is 2.22. The number of aromatic nitrogens is 1. The van der Waals surface area contributed by atoms with Gasteiger partial charge in [-0.3, -0.25) is 0 Å². The third kappa shape index (κ3) is 2.54. The monoisotopic (exact) mass is 311 g/mol. The van der Waals surface area contributed by atoms with Crippen LogP contribution in [0, 0.1) is 6.92 Å². The Bertz CT molecular complexity index is 427. The number of pyridine rings is 1. The van der Waals surface area contributed by atoms with E-state index in [1.165, 1.54) is 24.8 Å². The molecule has 0 unspecified atom stereocenters. The summed E-state index contributed by atoms with van der Waals surface area (Å²) in [4.78, 5) is 9.21. The Morgan fingerprint density at radius 2 is 2.00 bits per heavy atom. The first kappa shape index (κ1) is 13.8. The van der Waals surface area contributed by atoms with Crippen molar-refractivity contribution in [3.8, 4) is 0 Å². The fraction of sp³-hybridized carbons (Fsp3) is 0.643.